The van der Waals surface area contributed by atoms with Crippen LogP contribution in [-0.4, -0.2) is 5.78 Å². The Morgan fingerprint density at radius 3 is 1.50 bits per heavy atom. The van der Waals surface area contributed by atoms with Gasteiger partial charge in [-0.05, 0) is 76.9 Å². The Balaban J connectivity index is 1.29. The summed E-state index contributed by atoms with van der Waals surface area (Å²) in [7, 11) is 0. The van der Waals surface area contributed by atoms with Crippen molar-refractivity contribution in [2.75, 3.05) is 0 Å². The van der Waals surface area contributed by atoms with Crippen LogP contribution in [0.15, 0.2) is 43.9 Å². The molecule has 0 spiro atoms. The Morgan fingerprint density at radius 1 is 0.625 bits per heavy atom. The molecule has 0 amide bonds. The maximum Gasteiger partial charge on any atom is 0.140 e. The van der Waals surface area contributed by atoms with Crippen LogP contribution in [0, 0.1) is 71.0 Å². The second kappa shape index (κ2) is 3.20. The fourth-order valence-electron chi connectivity index (χ4n) is 10.2. The van der Waals surface area contributed by atoms with Crippen LogP contribution in [0.5, 0.6) is 0 Å². The van der Waals surface area contributed by atoms with Crippen molar-refractivity contribution >= 4 is 29.3 Å². The van der Waals surface area contributed by atoms with Crippen molar-refractivity contribution in [1.29, 1.82) is 0 Å². The largest absolute Gasteiger partial charge is 0.299 e. The summed E-state index contributed by atoms with van der Waals surface area (Å²) >= 11 is 4.13. The molecule has 8 saturated carbocycles. The number of fused-ring (bicyclic) bond motifs is 1. The van der Waals surface area contributed by atoms with E-state index in [4.69, 9.17) is 0 Å². The van der Waals surface area contributed by atoms with E-state index in [1.807, 2.05) is 5.57 Å². The summed E-state index contributed by atoms with van der Waals surface area (Å²) in [6.45, 7) is 0. The van der Waals surface area contributed by atoms with Crippen LogP contribution in [0.2, 0.25) is 0 Å². The molecule has 0 radical (unpaired) electrons. The average Bonchev–Trinajstić information content (AvgIpc) is 3.34. The summed E-state index contributed by atoms with van der Waals surface area (Å²) < 4.78 is 1.66. The molecule has 1 aromatic carbocycles. The van der Waals surface area contributed by atoms with E-state index < -0.39 is 0 Å². The van der Waals surface area contributed by atoms with Gasteiger partial charge >= 0.3 is 0 Å². The van der Waals surface area contributed by atoms with E-state index in [1.165, 1.54) is 9.79 Å². The number of hydrogen-bond donors (Lipinski definition) is 0. The van der Waals surface area contributed by atoms with E-state index in [9.17, 15) is 4.79 Å². The highest BCUT2D eigenvalue weighted by Crippen LogP contribution is 2.93. The van der Waals surface area contributed by atoms with Crippen molar-refractivity contribution in [3.05, 3.63) is 34.1 Å². The molecule has 118 valence electrons. The Kier molecular flexibility index (Phi) is 1.58. The van der Waals surface area contributed by atoms with E-state index in [1.54, 1.807) is 4.24 Å². The standard InChI is InChI=1S/C21H16OS2/c22-20-17-11-7-8-12(17)14-10-9(13(11)18(14)20)15(7)19(16(8)10)21-23-5-3-1-2-4-6(5)24-21/h1-4,7-18H. The molecular weight excluding hydrogens is 332 g/mol. The van der Waals surface area contributed by atoms with Gasteiger partial charge in [0.2, 0.25) is 0 Å². The monoisotopic (exact) mass is 348 g/mol. The first kappa shape index (κ1) is 11.9. The van der Waals surface area contributed by atoms with Crippen LogP contribution in [-0.2, 0) is 4.79 Å². The van der Waals surface area contributed by atoms with Gasteiger partial charge in [0.05, 0.1) is 0 Å². The summed E-state index contributed by atoms with van der Waals surface area (Å²) in [4.78, 5) is 15.8. The number of hydrogen-bond acceptors (Lipinski definition) is 3. The molecule has 1 nitrogen and oxygen atoms in total. The van der Waals surface area contributed by atoms with E-state index in [0.717, 1.165) is 65.0 Å². The fourth-order valence-corrected chi connectivity index (χ4v) is 12.9. The quantitative estimate of drug-likeness (QED) is 0.701. The van der Waals surface area contributed by atoms with Gasteiger partial charge in [0.15, 0.2) is 0 Å². The van der Waals surface area contributed by atoms with Gasteiger partial charge in [0.1, 0.15) is 5.78 Å². The average molecular weight is 348 g/mol. The number of benzene rings is 1. The number of ketones is 1. The number of rotatable bonds is 0. The van der Waals surface area contributed by atoms with Crippen LogP contribution < -0.4 is 0 Å². The maximum atomic E-state index is 12.8. The maximum absolute atomic E-state index is 12.8. The van der Waals surface area contributed by atoms with Gasteiger partial charge in [-0.1, -0.05) is 35.7 Å². The van der Waals surface area contributed by atoms with Crippen LogP contribution in [0.4, 0.5) is 0 Å². The SMILES string of the molecule is O=C1C2C3C4C1C1C2C2C5C(=C6Sc7ccccc7S6)C(C32)C4C51. The summed E-state index contributed by atoms with van der Waals surface area (Å²) in [5.41, 5.74) is 1.90. The van der Waals surface area contributed by atoms with Crippen molar-refractivity contribution in [2.45, 2.75) is 9.79 Å². The van der Waals surface area contributed by atoms with Crippen LogP contribution in [0.1, 0.15) is 0 Å². The van der Waals surface area contributed by atoms with Crippen LogP contribution in [0.25, 0.3) is 0 Å². The third-order valence-corrected chi connectivity index (χ3v) is 12.4. The molecule has 0 aromatic heterocycles. The molecule has 24 heavy (non-hydrogen) atoms. The minimum atomic E-state index is 0.537. The molecule has 1 aromatic rings. The van der Waals surface area contributed by atoms with E-state index in [-0.39, 0.29) is 0 Å². The van der Waals surface area contributed by atoms with Gasteiger partial charge in [-0.3, -0.25) is 4.79 Å². The van der Waals surface area contributed by atoms with Crippen molar-refractivity contribution < 1.29 is 4.79 Å². The number of Topliss-reactive ketones (excluding diaryl/α,β-unsaturated/α-hetero) is 1. The highest BCUT2D eigenvalue weighted by molar-refractivity contribution is 8.24. The molecule has 0 saturated heterocycles. The summed E-state index contributed by atoms with van der Waals surface area (Å²) in [6, 6.07) is 8.95. The summed E-state index contributed by atoms with van der Waals surface area (Å²) in [5.74, 6) is 10.6. The number of allylic oxidation sites excluding steroid dienone is 1. The van der Waals surface area contributed by atoms with Gasteiger partial charge < -0.3 is 0 Å². The third-order valence-electron chi connectivity index (χ3n) is 9.74. The lowest BCUT2D eigenvalue weighted by Gasteiger charge is -2.24. The van der Waals surface area contributed by atoms with Gasteiger partial charge in [0.25, 0.3) is 0 Å². The smallest absolute Gasteiger partial charge is 0.140 e. The molecule has 9 aliphatic rings. The van der Waals surface area contributed by atoms with E-state index in [2.05, 4.69) is 47.8 Å². The van der Waals surface area contributed by atoms with Crippen molar-refractivity contribution in [1.82, 2.24) is 0 Å². The normalized spacial score (nSPS) is 63.4. The molecular formula is C21H16OS2. The van der Waals surface area contributed by atoms with Gasteiger partial charge in [-0.25, -0.2) is 0 Å². The van der Waals surface area contributed by atoms with Crippen molar-refractivity contribution in [3.63, 3.8) is 0 Å². The predicted molar refractivity (Wildman–Crippen MR) is 92.1 cm³/mol. The third kappa shape index (κ3) is 0.842. The topological polar surface area (TPSA) is 17.1 Å². The zero-order valence-corrected chi connectivity index (χ0v) is 14.6. The lowest BCUT2D eigenvalue weighted by Crippen LogP contribution is -2.21. The number of carbonyl (C=O) groups excluding carboxylic acids is 1. The lowest BCUT2D eigenvalue weighted by molar-refractivity contribution is -0.122. The molecule has 0 N–H and O–H groups in total. The first-order chi connectivity index (χ1) is 11.9. The van der Waals surface area contributed by atoms with Gasteiger partial charge in [0, 0.05) is 25.9 Å². The molecule has 10 rings (SSSR count). The molecule has 8 atom stereocenters. The Hall–Kier alpha value is -0.670. The molecule has 8 unspecified atom stereocenters. The second-order valence-electron chi connectivity index (χ2n) is 9.52. The summed E-state index contributed by atoms with van der Waals surface area (Å²) in [6.07, 6.45) is 0. The van der Waals surface area contributed by atoms with Crippen molar-refractivity contribution in [2.24, 2.45) is 71.0 Å². The zero-order valence-electron chi connectivity index (χ0n) is 13.0. The van der Waals surface area contributed by atoms with Crippen LogP contribution >= 0.6 is 23.5 Å². The van der Waals surface area contributed by atoms with Gasteiger partial charge in [-0.15, -0.1) is 0 Å². The minimum Gasteiger partial charge on any atom is -0.299 e. The Morgan fingerprint density at radius 2 is 1.04 bits per heavy atom. The van der Waals surface area contributed by atoms with Crippen LogP contribution in [0.3, 0.4) is 0 Å². The Labute approximate surface area is 149 Å². The Bertz CT molecular complexity index is 846. The van der Waals surface area contributed by atoms with E-state index >= 15 is 0 Å². The molecule has 4 bridgehead atoms. The molecule has 8 aliphatic carbocycles. The minimum absolute atomic E-state index is 0.537. The summed E-state index contributed by atoms with van der Waals surface area (Å²) in [5, 5.41) is 0. The fraction of sp³-hybridized carbons (Fsp3) is 0.571. The predicted octanol–water partition coefficient (Wildman–Crippen LogP) is 4.15. The van der Waals surface area contributed by atoms with Gasteiger partial charge in [-0.2, -0.15) is 0 Å². The number of carbonyl (C=O) groups is 1. The molecule has 8 fully saturated rings. The lowest BCUT2D eigenvalue weighted by atomic mass is 9.80. The zero-order chi connectivity index (χ0) is 15.1. The molecule has 1 aliphatic heterocycles. The first-order valence-electron chi connectivity index (χ1n) is 9.59. The first-order valence-corrected chi connectivity index (χ1v) is 11.2. The second-order valence-corrected chi connectivity index (χ2v) is 11.9. The molecule has 3 heteroatoms. The number of thioether (sulfide) groups is 2. The highest BCUT2D eigenvalue weighted by Gasteiger charge is 2.92. The van der Waals surface area contributed by atoms with E-state index in [0.29, 0.717) is 11.8 Å². The molecule has 1 heterocycles. The van der Waals surface area contributed by atoms with Crippen molar-refractivity contribution in [3.8, 4) is 0 Å². The highest BCUT2D eigenvalue weighted by atomic mass is 32.2.